The van der Waals surface area contributed by atoms with Gasteiger partial charge >= 0.3 is 12.2 Å². The Morgan fingerprint density at radius 1 is 1.38 bits per heavy atom. The molecule has 162 valence electrons. The molecule has 2 atom stereocenters. The van der Waals surface area contributed by atoms with Crippen LogP contribution in [0, 0.1) is 10.1 Å². The summed E-state index contributed by atoms with van der Waals surface area (Å²) in [7, 11) is 0. The summed E-state index contributed by atoms with van der Waals surface area (Å²) in [6.07, 6.45) is -0.382. The van der Waals surface area contributed by atoms with Crippen molar-refractivity contribution in [3.8, 4) is 0 Å². The molecule has 0 saturated carbocycles. The third-order valence-corrected chi connectivity index (χ3v) is 3.90. The number of carbonyl (C=O) groups is 4. The Balaban J connectivity index is 2.54. The van der Waals surface area contributed by atoms with Crippen LogP contribution in [0.1, 0.15) is 33.1 Å². The van der Waals surface area contributed by atoms with Gasteiger partial charge in [-0.3, -0.25) is 14.4 Å². The van der Waals surface area contributed by atoms with Crippen LogP contribution in [-0.4, -0.2) is 76.1 Å². The minimum Gasteiger partial charge on any atom is -0.465 e. The number of hydrogen-bond acceptors (Lipinski definition) is 9. The van der Waals surface area contributed by atoms with E-state index in [-0.39, 0.29) is 25.5 Å². The molecule has 0 aromatic carbocycles. The maximum absolute atomic E-state index is 12.6. The molecule has 29 heavy (non-hydrogen) atoms. The monoisotopic (exact) mass is 417 g/mol. The van der Waals surface area contributed by atoms with Gasteiger partial charge in [0, 0.05) is 13.0 Å². The maximum Gasteiger partial charge on any atom is 0.510 e. The quantitative estimate of drug-likeness (QED) is 0.179. The average molecular weight is 417 g/mol. The topological polar surface area (TPSA) is 166 Å². The Morgan fingerprint density at radius 2 is 2.07 bits per heavy atom. The van der Waals surface area contributed by atoms with Gasteiger partial charge in [0.2, 0.25) is 12.2 Å². The molecule has 1 fully saturated rings. The summed E-state index contributed by atoms with van der Waals surface area (Å²) in [4.78, 5) is 63.1. The molecule has 0 spiro atoms. The van der Waals surface area contributed by atoms with Crippen LogP contribution in [0.4, 0.5) is 9.59 Å². The largest absolute Gasteiger partial charge is 0.510 e. The number of rotatable bonds is 10. The van der Waals surface area contributed by atoms with E-state index in [1.807, 2.05) is 0 Å². The van der Waals surface area contributed by atoms with Crippen LogP contribution in [0.3, 0.4) is 0 Å². The van der Waals surface area contributed by atoms with E-state index in [1.165, 1.54) is 17.1 Å². The molecule has 13 heteroatoms. The number of nitrogens with zero attached hydrogens (tertiary/aromatic N) is 3. The highest BCUT2D eigenvalue weighted by atomic mass is 17.0. The predicted molar refractivity (Wildman–Crippen MR) is 93.9 cm³/mol. The molecule has 13 nitrogen and oxygen atoms in total. The van der Waals surface area contributed by atoms with Gasteiger partial charge in [0.25, 0.3) is 11.0 Å². The van der Waals surface area contributed by atoms with E-state index in [0.29, 0.717) is 24.3 Å². The summed E-state index contributed by atoms with van der Waals surface area (Å²) >= 11 is 0. The Hall–Kier alpha value is -3.38. The zero-order valence-corrected chi connectivity index (χ0v) is 16.0. The lowest BCUT2D eigenvalue weighted by Gasteiger charge is -2.29. The van der Waals surface area contributed by atoms with E-state index in [1.54, 1.807) is 6.92 Å². The second-order valence-corrected chi connectivity index (χ2v) is 5.89. The summed E-state index contributed by atoms with van der Waals surface area (Å²) in [5.41, 5.74) is 0. The number of likely N-dealkylation sites (tertiary alicyclic amines) is 1. The van der Waals surface area contributed by atoms with Gasteiger partial charge < -0.3 is 19.5 Å². The van der Waals surface area contributed by atoms with Crippen molar-refractivity contribution in [1.29, 1.82) is 0 Å². The van der Waals surface area contributed by atoms with Gasteiger partial charge in [-0.25, -0.2) is 14.5 Å². The third-order valence-electron chi connectivity index (χ3n) is 3.90. The van der Waals surface area contributed by atoms with Crippen molar-refractivity contribution in [2.45, 2.75) is 45.4 Å². The first kappa shape index (κ1) is 23.7. The number of carbonyl (C=O) groups excluding carboxylic acids is 3. The molecular formula is C16H23N3O10. The molecular weight excluding hydrogens is 394 g/mol. The Labute approximate surface area is 165 Å². The van der Waals surface area contributed by atoms with Crippen LogP contribution in [-0.2, 0) is 23.9 Å². The number of amides is 3. The molecule has 1 rings (SSSR count). The van der Waals surface area contributed by atoms with Crippen LogP contribution in [0.2, 0.25) is 0 Å². The molecule has 0 aliphatic carbocycles. The number of carboxylic acid groups (broad SMARTS) is 1. The zero-order chi connectivity index (χ0) is 22.0. The molecule has 0 aromatic rings. The van der Waals surface area contributed by atoms with Gasteiger partial charge in [0.1, 0.15) is 12.6 Å². The molecule has 3 amide bonds. The van der Waals surface area contributed by atoms with Crippen molar-refractivity contribution in [2.75, 3.05) is 19.7 Å². The molecule has 0 aromatic heterocycles. The normalized spacial score (nSPS) is 15.7. The highest BCUT2D eigenvalue weighted by molar-refractivity contribution is 5.96. The van der Waals surface area contributed by atoms with Gasteiger partial charge in [0.15, 0.2) is 0 Å². The van der Waals surface area contributed by atoms with Crippen LogP contribution in [0.15, 0.2) is 12.2 Å². The maximum atomic E-state index is 12.6. The van der Waals surface area contributed by atoms with Gasteiger partial charge in [-0.05, 0) is 25.8 Å². The SMILES string of the molecule is CCC(C(=O)N(C/C=C\COC(=O)O[C@H](C)O[N+](=O)[O-])C(=O)O)N1CCCC1=O. The fraction of sp³-hybridized carbons (Fsp3) is 0.625. The Bertz CT molecular complexity index is 665. The van der Waals surface area contributed by atoms with Gasteiger partial charge in [-0.1, -0.05) is 13.0 Å². The highest BCUT2D eigenvalue weighted by Crippen LogP contribution is 2.18. The van der Waals surface area contributed by atoms with Crippen molar-refractivity contribution in [3.63, 3.8) is 0 Å². The van der Waals surface area contributed by atoms with Crippen molar-refractivity contribution in [3.05, 3.63) is 22.3 Å². The fourth-order valence-electron chi connectivity index (χ4n) is 2.65. The first-order valence-corrected chi connectivity index (χ1v) is 8.80. The number of ether oxygens (including phenoxy) is 2. The highest BCUT2D eigenvalue weighted by Gasteiger charge is 2.35. The minimum atomic E-state index is -1.48. The van der Waals surface area contributed by atoms with Crippen molar-refractivity contribution in [2.24, 2.45) is 0 Å². The lowest BCUT2D eigenvalue weighted by Crippen LogP contribution is -2.50. The van der Waals surface area contributed by atoms with Crippen LogP contribution in [0.5, 0.6) is 0 Å². The van der Waals surface area contributed by atoms with Crippen molar-refractivity contribution >= 4 is 24.1 Å². The van der Waals surface area contributed by atoms with E-state index in [2.05, 4.69) is 14.3 Å². The van der Waals surface area contributed by atoms with Gasteiger partial charge in [0.05, 0.1) is 6.54 Å². The summed E-state index contributed by atoms with van der Waals surface area (Å²) in [5, 5.41) is 18.2. The lowest BCUT2D eigenvalue weighted by atomic mass is 10.1. The first-order valence-electron chi connectivity index (χ1n) is 8.80. The van der Waals surface area contributed by atoms with E-state index < -0.39 is 35.6 Å². The third kappa shape index (κ3) is 7.63. The van der Waals surface area contributed by atoms with Crippen molar-refractivity contribution in [1.82, 2.24) is 9.80 Å². The van der Waals surface area contributed by atoms with E-state index in [4.69, 9.17) is 0 Å². The second kappa shape index (κ2) is 11.5. The molecule has 0 bridgehead atoms. The standard InChI is InChI=1S/C16H23N3O10/c1-3-12(17-9-6-7-13(17)20)14(21)18(15(22)23)8-4-5-10-27-16(24)28-11(2)29-19(25)26/h4-5,11-12H,3,6-10H2,1-2H3,(H,22,23)/b5-4-/t11-,12?/m0/s1. The minimum absolute atomic E-state index is 0.187. The number of imide groups is 1. The first-order chi connectivity index (χ1) is 13.7. The van der Waals surface area contributed by atoms with Gasteiger partial charge in [-0.15, -0.1) is 10.1 Å². The Kier molecular flexibility index (Phi) is 9.35. The van der Waals surface area contributed by atoms with E-state index in [9.17, 15) is 34.4 Å². The summed E-state index contributed by atoms with van der Waals surface area (Å²) in [6.45, 7) is 2.57. The molecule has 1 aliphatic rings. The molecule has 1 saturated heterocycles. The van der Waals surface area contributed by atoms with E-state index in [0.717, 1.165) is 6.92 Å². The molecule has 1 heterocycles. The molecule has 1 N–H and O–H groups in total. The molecule has 1 aliphatic heterocycles. The van der Waals surface area contributed by atoms with Crippen LogP contribution in [0.25, 0.3) is 0 Å². The second-order valence-electron chi connectivity index (χ2n) is 5.89. The lowest BCUT2D eigenvalue weighted by molar-refractivity contribution is -0.777. The zero-order valence-electron chi connectivity index (χ0n) is 16.0. The summed E-state index contributed by atoms with van der Waals surface area (Å²) < 4.78 is 9.03. The predicted octanol–water partition coefficient (Wildman–Crippen LogP) is 1.16. The van der Waals surface area contributed by atoms with Crippen LogP contribution < -0.4 is 0 Å². The smallest absolute Gasteiger partial charge is 0.465 e. The van der Waals surface area contributed by atoms with E-state index >= 15 is 0 Å². The van der Waals surface area contributed by atoms with Crippen molar-refractivity contribution < 1.29 is 43.7 Å². The Morgan fingerprint density at radius 3 is 2.59 bits per heavy atom. The summed E-state index contributed by atoms with van der Waals surface area (Å²) in [6, 6.07) is -0.858. The average Bonchev–Trinajstić information content (AvgIpc) is 3.03. The number of hydrogen-bond donors (Lipinski definition) is 1. The van der Waals surface area contributed by atoms with Gasteiger partial charge in [-0.2, -0.15) is 0 Å². The molecule has 1 unspecified atom stereocenters. The fourth-order valence-corrected chi connectivity index (χ4v) is 2.65. The molecule has 0 radical (unpaired) electrons. The summed E-state index contributed by atoms with van der Waals surface area (Å²) in [5.74, 6) is -0.903. The van der Waals surface area contributed by atoms with Crippen LogP contribution >= 0.6 is 0 Å².